The van der Waals surface area contributed by atoms with Gasteiger partial charge in [-0.25, -0.2) is 9.97 Å². The first-order chi connectivity index (χ1) is 11.9. The number of thioether (sulfide) groups is 1. The van der Waals surface area contributed by atoms with Crippen molar-refractivity contribution in [2.75, 3.05) is 11.1 Å². The maximum absolute atomic E-state index is 12.3. The maximum atomic E-state index is 12.3. The van der Waals surface area contributed by atoms with Crippen molar-refractivity contribution < 1.29 is 4.79 Å². The molecule has 9 heteroatoms. The number of rotatable bonds is 4. The van der Waals surface area contributed by atoms with Crippen LogP contribution in [0.5, 0.6) is 0 Å². The van der Waals surface area contributed by atoms with Crippen molar-refractivity contribution in [2.24, 2.45) is 0 Å². The van der Waals surface area contributed by atoms with Crippen molar-refractivity contribution in [3.05, 3.63) is 44.0 Å². The van der Waals surface area contributed by atoms with Gasteiger partial charge in [0.15, 0.2) is 0 Å². The Bertz CT molecular complexity index is 952. The Morgan fingerprint density at radius 3 is 2.56 bits per heavy atom. The molecule has 0 bridgehead atoms. The van der Waals surface area contributed by atoms with Crippen LogP contribution in [0.15, 0.2) is 23.5 Å². The van der Waals surface area contributed by atoms with Crippen LogP contribution in [0.25, 0.3) is 10.2 Å². The second-order valence-corrected chi connectivity index (χ2v) is 8.64. The van der Waals surface area contributed by atoms with E-state index in [2.05, 4.69) is 15.3 Å². The number of carbonyl (C=O) groups excluding carboxylic acids is 1. The fourth-order valence-corrected chi connectivity index (χ4v) is 5.06. The van der Waals surface area contributed by atoms with Crippen LogP contribution in [0.3, 0.4) is 0 Å². The monoisotopic (exact) mass is 431 g/mol. The molecule has 0 fully saturated rings. The second-order valence-electron chi connectivity index (χ2n) is 5.22. The summed E-state index contributed by atoms with van der Waals surface area (Å²) in [6.07, 6.45) is 1.52. The van der Waals surface area contributed by atoms with Gasteiger partial charge in [-0.1, -0.05) is 46.6 Å². The number of fused-ring (bicyclic) bond motifs is 1. The van der Waals surface area contributed by atoms with Gasteiger partial charge in [-0.3, -0.25) is 4.79 Å². The highest BCUT2D eigenvalue weighted by Crippen LogP contribution is 2.36. The molecule has 0 aliphatic rings. The molecule has 130 valence electrons. The first kappa shape index (κ1) is 18.7. The molecule has 3 aromatic rings. The SMILES string of the molecule is Cc1sc2ncnc(SCC(=O)Nc3c(Cl)cc(Cl)cc3Cl)c2c1C. The molecule has 1 aromatic carbocycles. The van der Waals surface area contributed by atoms with Crippen molar-refractivity contribution >= 4 is 79.7 Å². The molecule has 4 nitrogen and oxygen atoms in total. The lowest BCUT2D eigenvalue weighted by Crippen LogP contribution is -2.15. The predicted octanol–water partition coefficient (Wildman–Crippen LogP) is 6.00. The zero-order valence-corrected chi connectivity index (χ0v) is 17.1. The van der Waals surface area contributed by atoms with E-state index < -0.39 is 0 Å². The number of carbonyl (C=O) groups is 1. The minimum atomic E-state index is -0.229. The minimum absolute atomic E-state index is 0.176. The van der Waals surface area contributed by atoms with Gasteiger partial charge < -0.3 is 5.32 Å². The molecule has 2 heterocycles. The van der Waals surface area contributed by atoms with Crippen LogP contribution in [0, 0.1) is 13.8 Å². The van der Waals surface area contributed by atoms with Crippen molar-refractivity contribution in [3.8, 4) is 0 Å². The van der Waals surface area contributed by atoms with Crippen molar-refractivity contribution in [3.63, 3.8) is 0 Å². The molecular formula is C16H12Cl3N3OS2. The summed E-state index contributed by atoms with van der Waals surface area (Å²) in [5, 5.41) is 5.52. The van der Waals surface area contributed by atoms with Gasteiger partial charge >= 0.3 is 0 Å². The Labute approximate surface area is 167 Å². The first-order valence-electron chi connectivity index (χ1n) is 7.14. The summed E-state index contributed by atoms with van der Waals surface area (Å²) in [7, 11) is 0. The lowest BCUT2D eigenvalue weighted by molar-refractivity contribution is -0.113. The standard InChI is InChI=1S/C16H12Cl3N3OS2/c1-7-8(2)25-16-13(7)15(20-6-21-16)24-5-12(23)22-14-10(18)3-9(17)4-11(14)19/h3-4,6H,5H2,1-2H3,(H,22,23). The van der Waals surface area contributed by atoms with Gasteiger partial charge in [0, 0.05) is 15.3 Å². The number of hydrogen-bond acceptors (Lipinski definition) is 5. The molecule has 25 heavy (non-hydrogen) atoms. The molecule has 1 amide bonds. The molecule has 0 atom stereocenters. The van der Waals surface area contributed by atoms with Crippen LogP contribution >= 0.6 is 57.9 Å². The summed E-state index contributed by atoms with van der Waals surface area (Å²) in [5.74, 6) is -0.0529. The highest BCUT2D eigenvalue weighted by molar-refractivity contribution is 8.00. The van der Waals surface area contributed by atoms with Crippen LogP contribution in [0.4, 0.5) is 5.69 Å². The van der Waals surface area contributed by atoms with E-state index in [1.807, 2.05) is 13.8 Å². The molecule has 3 rings (SSSR count). The number of benzene rings is 1. The van der Waals surface area contributed by atoms with Crippen molar-refractivity contribution in [1.29, 1.82) is 0 Å². The normalized spacial score (nSPS) is 11.1. The average molecular weight is 433 g/mol. The summed E-state index contributed by atoms with van der Waals surface area (Å²) >= 11 is 21.0. The molecule has 0 spiro atoms. The molecule has 0 saturated carbocycles. The third-order valence-corrected chi connectivity index (χ3v) is 6.46. The fourth-order valence-electron chi connectivity index (χ4n) is 2.23. The lowest BCUT2D eigenvalue weighted by Gasteiger charge is -2.10. The van der Waals surface area contributed by atoms with E-state index in [1.54, 1.807) is 11.3 Å². The predicted molar refractivity (Wildman–Crippen MR) is 108 cm³/mol. The Hall–Kier alpha value is -1.05. The second kappa shape index (κ2) is 7.68. The Morgan fingerprint density at radius 1 is 1.20 bits per heavy atom. The quantitative estimate of drug-likeness (QED) is 0.406. The highest BCUT2D eigenvalue weighted by Gasteiger charge is 2.15. The van der Waals surface area contributed by atoms with Crippen LogP contribution in [0.1, 0.15) is 10.4 Å². The smallest absolute Gasteiger partial charge is 0.234 e. The average Bonchev–Trinajstić information content (AvgIpc) is 2.84. The summed E-state index contributed by atoms with van der Waals surface area (Å²) in [5.41, 5.74) is 1.50. The van der Waals surface area contributed by atoms with Crippen LogP contribution in [0.2, 0.25) is 15.1 Å². The molecule has 0 radical (unpaired) electrons. The molecule has 2 aromatic heterocycles. The molecule has 0 aliphatic heterocycles. The molecule has 0 aliphatic carbocycles. The summed E-state index contributed by atoms with van der Waals surface area (Å²) in [6, 6.07) is 3.06. The molecule has 0 unspecified atom stereocenters. The number of amides is 1. The lowest BCUT2D eigenvalue weighted by atomic mass is 10.2. The zero-order valence-electron chi connectivity index (χ0n) is 13.2. The van der Waals surface area contributed by atoms with E-state index in [-0.39, 0.29) is 11.7 Å². The first-order valence-corrected chi connectivity index (χ1v) is 10.1. The fraction of sp³-hybridized carbons (Fsp3) is 0.188. The minimum Gasteiger partial charge on any atom is -0.323 e. The summed E-state index contributed by atoms with van der Waals surface area (Å²) in [4.78, 5) is 23.0. The Morgan fingerprint density at radius 2 is 1.88 bits per heavy atom. The largest absolute Gasteiger partial charge is 0.323 e. The van der Waals surface area contributed by atoms with Crippen LogP contribution < -0.4 is 5.32 Å². The summed E-state index contributed by atoms with van der Waals surface area (Å²) in [6.45, 7) is 4.09. The Balaban J connectivity index is 1.76. The van der Waals surface area contributed by atoms with Crippen molar-refractivity contribution in [2.45, 2.75) is 18.9 Å². The van der Waals surface area contributed by atoms with Crippen LogP contribution in [-0.4, -0.2) is 21.6 Å². The molecule has 1 N–H and O–H groups in total. The Kier molecular flexibility index (Phi) is 5.75. The summed E-state index contributed by atoms with van der Waals surface area (Å²) < 4.78 is 0. The van der Waals surface area contributed by atoms with E-state index in [0.717, 1.165) is 20.8 Å². The number of nitrogens with one attached hydrogen (secondary N) is 1. The van der Waals surface area contributed by atoms with Gasteiger partial charge in [-0.2, -0.15) is 0 Å². The molecular weight excluding hydrogens is 421 g/mol. The van der Waals surface area contributed by atoms with Gasteiger partial charge in [0.05, 0.1) is 21.5 Å². The van der Waals surface area contributed by atoms with Gasteiger partial charge in [-0.15, -0.1) is 11.3 Å². The number of aryl methyl sites for hydroxylation is 2. The topological polar surface area (TPSA) is 54.9 Å². The third-order valence-electron chi connectivity index (χ3n) is 3.54. The van der Waals surface area contributed by atoms with E-state index in [4.69, 9.17) is 34.8 Å². The van der Waals surface area contributed by atoms with Crippen molar-refractivity contribution in [1.82, 2.24) is 9.97 Å². The van der Waals surface area contributed by atoms with Gasteiger partial charge in [0.1, 0.15) is 16.2 Å². The highest BCUT2D eigenvalue weighted by atomic mass is 35.5. The van der Waals surface area contributed by atoms with Crippen LogP contribution in [-0.2, 0) is 4.79 Å². The maximum Gasteiger partial charge on any atom is 0.234 e. The van der Waals surface area contributed by atoms with Gasteiger partial charge in [-0.05, 0) is 31.5 Å². The van der Waals surface area contributed by atoms with E-state index >= 15 is 0 Å². The van der Waals surface area contributed by atoms with Gasteiger partial charge in [0.25, 0.3) is 0 Å². The number of halogens is 3. The number of aromatic nitrogens is 2. The molecule has 0 saturated heterocycles. The number of hydrogen-bond donors (Lipinski definition) is 1. The van der Waals surface area contributed by atoms with E-state index in [1.165, 1.54) is 35.1 Å². The third kappa shape index (κ3) is 4.04. The van der Waals surface area contributed by atoms with E-state index in [9.17, 15) is 4.79 Å². The number of nitrogens with zero attached hydrogens (tertiary/aromatic N) is 2. The number of anilines is 1. The van der Waals surface area contributed by atoms with E-state index in [0.29, 0.717) is 20.8 Å². The van der Waals surface area contributed by atoms with Gasteiger partial charge in [0.2, 0.25) is 5.91 Å². The number of thiophene rings is 1. The zero-order chi connectivity index (χ0) is 18.1.